The van der Waals surface area contributed by atoms with Crippen molar-refractivity contribution < 1.29 is 13.9 Å². The third-order valence-electron chi connectivity index (χ3n) is 2.48. The highest BCUT2D eigenvalue weighted by Gasteiger charge is 2.05. The van der Waals surface area contributed by atoms with Crippen molar-refractivity contribution in [3.05, 3.63) is 57.8 Å². The topological polar surface area (TPSA) is 26.3 Å². The molecule has 0 N–H and O–H groups in total. The van der Waals surface area contributed by atoms with Crippen molar-refractivity contribution in [2.24, 2.45) is 0 Å². The zero-order valence-corrected chi connectivity index (χ0v) is 11.2. The minimum absolute atomic E-state index is 0.348. The minimum atomic E-state index is -0.348. The first-order valence-electron chi connectivity index (χ1n) is 5.29. The summed E-state index contributed by atoms with van der Waals surface area (Å²) in [6, 6.07) is 9.35. The van der Waals surface area contributed by atoms with E-state index in [-0.39, 0.29) is 5.82 Å². The molecule has 4 heteroatoms. The van der Waals surface area contributed by atoms with Gasteiger partial charge in [-0.05, 0) is 52.7 Å². The van der Waals surface area contributed by atoms with Gasteiger partial charge in [-0.25, -0.2) is 4.39 Å². The summed E-state index contributed by atoms with van der Waals surface area (Å²) in [5, 5.41) is 0. The Morgan fingerprint density at radius 2 is 2.00 bits per heavy atom. The zero-order chi connectivity index (χ0) is 13.1. The number of aldehydes is 1. The van der Waals surface area contributed by atoms with E-state index < -0.39 is 0 Å². The molecule has 0 aliphatic carbocycles. The summed E-state index contributed by atoms with van der Waals surface area (Å²) in [6.07, 6.45) is 0.751. The number of rotatable bonds is 3. The Hall–Kier alpha value is -1.68. The van der Waals surface area contributed by atoms with Crippen LogP contribution in [0.3, 0.4) is 0 Å². The quantitative estimate of drug-likeness (QED) is 0.780. The number of aryl methyl sites for hydroxylation is 1. The lowest BCUT2D eigenvalue weighted by atomic mass is 10.2. The molecule has 2 rings (SSSR count). The molecule has 0 amide bonds. The maximum absolute atomic E-state index is 13.1. The van der Waals surface area contributed by atoms with Crippen molar-refractivity contribution in [2.75, 3.05) is 0 Å². The molecule has 2 aromatic rings. The van der Waals surface area contributed by atoms with Crippen LogP contribution in [0.5, 0.6) is 11.5 Å². The molecular formula is C14H10BrFO2. The summed E-state index contributed by atoms with van der Waals surface area (Å²) >= 11 is 3.27. The van der Waals surface area contributed by atoms with Crippen molar-refractivity contribution >= 4 is 22.2 Å². The Kier molecular flexibility index (Phi) is 3.77. The fourth-order valence-corrected chi connectivity index (χ4v) is 1.93. The molecule has 0 atom stereocenters. The van der Waals surface area contributed by atoms with E-state index in [0.29, 0.717) is 21.5 Å². The number of hydrogen-bond acceptors (Lipinski definition) is 2. The highest BCUT2D eigenvalue weighted by atomic mass is 79.9. The van der Waals surface area contributed by atoms with Gasteiger partial charge in [0.15, 0.2) is 6.29 Å². The second-order valence-corrected chi connectivity index (χ2v) is 4.67. The van der Waals surface area contributed by atoms with E-state index in [9.17, 15) is 9.18 Å². The van der Waals surface area contributed by atoms with Crippen LogP contribution in [0.2, 0.25) is 0 Å². The van der Waals surface area contributed by atoms with Crippen LogP contribution in [0.25, 0.3) is 0 Å². The summed E-state index contributed by atoms with van der Waals surface area (Å²) < 4.78 is 19.3. The van der Waals surface area contributed by atoms with Crippen molar-refractivity contribution in [1.82, 2.24) is 0 Å². The third-order valence-corrected chi connectivity index (χ3v) is 3.16. The van der Waals surface area contributed by atoms with Gasteiger partial charge >= 0.3 is 0 Å². The highest BCUT2D eigenvalue weighted by molar-refractivity contribution is 9.10. The van der Waals surface area contributed by atoms with Gasteiger partial charge in [-0.1, -0.05) is 6.07 Å². The average Bonchev–Trinajstić information content (AvgIpc) is 2.34. The summed E-state index contributed by atoms with van der Waals surface area (Å²) in [5.41, 5.74) is 1.38. The lowest BCUT2D eigenvalue weighted by Crippen LogP contribution is -1.90. The summed E-state index contributed by atoms with van der Waals surface area (Å²) in [5.74, 6) is 0.654. The van der Waals surface area contributed by atoms with Gasteiger partial charge in [-0.2, -0.15) is 0 Å². The third kappa shape index (κ3) is 2.76. The van der Waals surface area contributed by atoms with Crippen LogP contribution in [0.1, 0.15) is 15.9 Å². The van der Waals surface area contributed by atoms with Gasteiger partial charge in [0.2, 0.25) is 0 Å². The molecule has 0 fully saturated rings. The lowest BCUT2D eigenvalue weighted by molar-refractivity contribution is 0.112. The summed E-state index contributed by atoms with van der Waals surface area (Å²) in [7, 11) is 0. The second kappa shape index (κ2) is 5.31. The molecule has 0 saturated heterocycles. The fraction of sp³-hybridized carbons (Fsp3) is 0.0714. The van der Waals surface area contributed by atoms with E-state index in [1.54, 1.807) is 24.3 Å². The van der Waals surface area contributed by atoms with E-state index in [1.165, 1.54) is 12.1 Å². The molecule has 0 unspecified atom stereocenters. The van der Waals surface area contributed by atoms with Gasteiger partial charge in [0.05, 0.1) is 0 Å². The summed E-state index contributed by atoms with van der Waals surface area (Å²) in [6.45, 7) is 1.84. The number of carbonyl (C=O) groups excluding carboxylic acids is 1. The Balaban J connectivity index is 2.31. The molecule has 0 aliphatic heterocycles. The van der Waals surface area contributed by atoms with E-state index >= 15 is 0 Å². The first kappa shape index (κ1) is 12.8. The van der Waals surface area contributed by atoms with Gasteiger partial charge in [-0.3, -0.25) is 4.79 Å². The van der Waals surface area contributed by atoms with Gasteiger partial charge in [0.25, 0.3) is 0 Å². The molecule has 0 spiro atoms. The molecule has 2 nitrogen and oxygen atoms in total. The number of benzene rings is 2. The molecule has 0 aromatic heterocycles. The first-order valence-corrected chi connectivity index (χ1v) is 6.08. The second-order valence-electron chi connectivity index (χ2n) is 3.81. The van der Waals surface area contributed by atoms with Gasteiger partial charge in [0.1, 0.15) is 17.3 Å². The smallest absolute Gasteiger partial charge is 0.151 e. The van der Waals surface area contributed by atoms with Crippen LogP contribution in [0, 0.1) is 12.7 Å². The van der Waals surface area contributed by atoms with Crippen molar-refractivity contribution in [1.29, 1.82) is 0 Å². The van der Waals surface area contributed by atoms with E-state index in [2.05, 4.69) is 15.9 Å². The molecule has 18 heavy (non-hydrogen) atoms. The molecule has 0 heterocycles. The minimum Gasteiger partial charge on any atom is -0.457 e. The van der Waals surface area contributed by atoms with Gasteiger partial charge in [-0.15, -0.1) is 0 Å². The predicted octanol–water partition coefficient (Wildman–Crippen LogP) is 4.50. The normalized spacial score (nSPS) is 10.2. The Morgan fingerprint density at radius 3 is 2.67 bits per heavy atom. The predicted molar refractivity (Wildman–Crippen MR) is 70.7 cm³/mol. The van der Waals surface area contributed by atoms with Crippen LogP contribution >= 0.6 is 15.9 Å². The van der Waals surface area contributed by atoms with Crippen molar-refractivity contribution in [2.45, 2.75) is 6.92 Å². The molecule has 0 saturated carbocycles. The molecule has 0 aliphatic rings. The zero-order valence-electron chi connectivity index (χ0n) is 9.61. The molecule has 2 aromatic carbocycles. The SMILES string of the molecule is Cc1ccc(F)cc1Oc1ccc(C=O)c(Br)c1. The molecule has 0 radical (unpaired) electrons. The Bertz CT molecular complexity index is 596. The molecule has 92 valence electrons. The monoisotopic (exact) mass is 308 g/mol. The van der Waals surface area contributed by atoms with Crippen molar-refractivity contribution in [3.8, 4) is 11.5 Å². The Morgan fingerprint density at radius 1 is 1.22 bits per heavy atom. The van der Waals surface area contributed by atoms with Crippen LogP contribution < -0.4 is 4.74 Å². The number of hydrogen-bond donors (Lipinski definition) is 0. The van der Waals surface area contributed by atoms with Crippen LogP contribution in [0.15, 0.2) is 40.9 Å². The van der Waals surface area contributed by atoms with Crippen LogP contribution in [0.4, 0.5) is 4.39 Å². The molecular weight excluding hydrogens is 299 g/mol. The van der Waals surface area contributed by atoms with Crippen LogP contribution in [-0.4, -0.2) is 6.29 Å². The maximum Gasteiger partial charge on any atom is 0.151 e. The standard InChI is InChI=1S/C14H10BrFO2/c1-9-2-4-11(16)6-14(9)18-12-5-3-10(8-17)13(15)7-12/h2-8H,1H3. The largest absolute Gasteiger partial charge is 0.457 e. The van der Waals surface area contributed by atoms with Gasteiger partial charge in [0, 0.05) is 16.1 Å². The average molecular weight is 309 g/mol. The highest BCUT2D eigenvalue weighted by Crippen LogP contribution is 2.28. The first-order chi connectivity index (χ1) is 8.60. The van der Waals surface area contributed by atoms with Crippen molar-refractivity contribution in [3.63, 3.8) is 0 Å². The number of halogens is 2. The summed E-state index contributed by atoms with van der Waals surface area (Å²) in [4.78, 5) is 10.7. The van der Waals surface area contributed by atoms with Gasteiger partial charge < -0.3 is 4.74 Å². The fourth-order valence-electron chi connectivity index (χ4n) is 1.48. The Labute approximate surface area is 113 Å². The van der Waals surface area contributed by atoms with E-state index in [4.69, 9.17) is 4.74 Å². The van der Waals surface area contributed by atoms with E-state index in [1.807, 2.05) is 6.92 Å². The number of carbonyl (C=O) groups is 1. The lowest BCUT2D eigenvalue weighted by Gasteiger charge is -2.09. The van der Waals surface area contributed by atoms with Crippen LogP contribution in [-0.2, 0) is 0 Å². The molecule has 0 bridgehead atoms. The maximum atomic E-state index is 13.1. The number of ether oxygens (including phenoxy) is 1. The van der Waals surface area contributed by atoms with E-state index in [0.717, 1.165) is 11.8 Å².